The lowest BCUT2D eigenvalue weighted by Gasteiger charge is -2.33. The van der Waals surface area contributed by atoms with Crippen LogP contribution in [-0.4, -0.2) is 30.4 Å². The Labute approximate surface area is 247 Å². The SMILES string of the molecule is Cc1ccc(NC(=O)COc2ccc(C=C3C(=O)N(c4ccccc4)C(=O)N(c4ccccc4)C3=O)cc2Cl)cc1C. The number of urea groups is 1. The third kappa shape index (κ3) is 5.94. The molecule has 0 unspecified atom stereocenters. The van der Waals surface area contributed by atoms with Crippen LogP contribution in [0, 0.1) is 13.8 Å². The molecule has 0 spiro atoms. The number of hydrogen-bond donors (Lipinski definition) is 1. The molecule has 1 aliphatic heterocycles. The van der Waals surface area contributed by atoms with Gasteiger partial charge in [0.2, 0.25) is 0 Å². The molecule has 0 aromatic heterocycles. The first-order valence-corrected chi connectivity index (χ1v) is 13.4. The van der Waals surface area contributed by atoms with Gasteiger partial charge < -0.3 is 10.1 Å². The molecule has 210 valence electrons. The smallest absolute Gasteiger partial charge is 0.343 e. The summed E-state index contributed by atoms with van der Waals surface area (Å²) in [5.41, 5.74) is 3.70. The number of carbonyl (C=O) groups excluding carboxylic acids is 4. The zero-order valence-corrected chi connectivity index (χ0v) is 23.6. The van der Waals surface area contributed by atoms with Gasteiger partial charge in [-0.3, -0.25) is 14.4 Å². The van der Waals surface area contributed by atoms with Crippen LogP contribution in [0.25, 0.3) is 6.08 Å². The maximum Gasteiger partial charge on any atom is 0.343 e. The summed E-state index contributed by atoms with van der Waals surface area (Å²) in [5.74, 6) is -1.63. The maximum absolute atomic E-state index is 13.5. The van der Waals surface area contributed by atoms with Crippen LogP contribution in [0.5, 0.6) is 5.75 Å². The first-order valence-electron chi connectivity index (χ1n) is 13.1. The van der Waals surface area contributed by atoms with E-state index >= 15 is 0 Å². The minimum absolute atomic E-state index is 0.176. The number of amides is 5. The zero-order chi connectivity index (χ0) is 29.8. The van der Waals surface area contributed by atoms with Crippen molar-refractivity contribution in [1.29, 1.82) is 0 Å². The van der Waals surface area contributed by atoms with E-state index in [1.54, 1.807) is 72.8 Å². The Morgan fingerprint density at radius 1 is 0.786 bits per heavy atom. The topological polar surface area (TPSA) is 96.0 Å². The molecule has 9 heteroatoms. The number of nitrogens with zero attached hydrogens (tertiary/aromatic N) is 2. The van der Waals surface area contributed by atoms with Crippen molar-refractivity contribution in [2.75, 3.05) is 21.7 Å². The number of rotatable bonds is 7. The number of nitrogens with one attached hydrogen (secondary N) is 1. The van der Waals surface area contributed by atoms with Gasteiger partial charge in [-0.1, -0.05) is 60.1 Å². The van der Waals surface area contributed by atoms with Crippen molar-refractivity contribution in [2.45, 2.75) is 13.8 Å². The van der Waals surface area contributed by atoms with Crippen LogP contribution in [0.4, 0.5) is 21.9 Å². The zero-order valence-electron chi connectivity index (χ0n) is 22.8. The van der Waals surface area contributed by atoms with Crippen molar-refractivity contribution in [3.05, 3.63) is 124 Å². The molecule has 8 nitrogen and oxygen atoms in total. The summed E-state index contributed by atoms with van der Waals surface area (Å²) < 4.78 is 5.62. The summed E-state index contributed by atoms with van der Waals surface area (Å²) >= 11 is 6.44. The lowest BCUT2D eigenvalue weighted by molar-refractivity contribution is -0.121. The van der Waals surface area contributed by atoms with Gasteiger partial charge in [-0.2, -0.15) is 0 Å². The molecule has 0 atom stereocenters. The van der Waals surface area contributed by atoms with Crippen LogP contribution >= 0.6 is 11.6 Å². The molecule has 1 saturated heterocycles. The van der Waals surface area contributed by atoms with Gasteiger partial charge in [0.25, 0.3) is 17.7 Å². The molecule has 1 aliphatic rings. The predicted octanol–water partition coefficient (Wildman–Crippen LogP) is 6.56. The second kappa shape index (κ2) is 12.1. The summed E-state index contributed by atoms with van der Waals surface area (Å²) in [5, 5.41) is 2.96. The highest BCUT2D eigenvalue weighted by molar-refractivity contribution is 6.46. The van der Waals surface area contributed by atoms with Gasteiger partial charge in [0.1, 0.15) is 11.3 Å². The molecule has 1 fully saturated rings. The highest BCUT2D eigenvalue weighted by atomic mass is 35.5. The summed E-state index contributed by atoms with van der Waals surface area (Å²) in [4.78, 5) is 54.8. The summed E-state index contributed by atoms with van der Waals surface area (Å²) in [6.45, 7) is 3.68. The quantitative estimate of drug-likeness (QED) is 0.198. The van der Waals surface area contributed by atoms with E-state index in [0.29, 0.717) is 22.6 Å². The average Bonchev–Trinajstić information content (AvgIpc) is 2.98. The van der Waals surface area contributed by atoms with E-state index < -0.39 is 17.8 Å². The van der Waals surface area contributed by atoms with E-state index in [1.807, 2.05) is 32.0 Å². The largest absolute Gasteiger partial charge is 0.482 e. The standard InChI is InChI=1S/C33H26ClN3O5/c1-21-13-15-24(17-22(21)2)35-30(38)20-42-29-16-14-23(19-28(29)34)18-27-31(39)36(25-9-5-3-6-10-25)33(41)37(32(27)40)26-11-7-4-8-12-26/h3-19H,20H2,1-2H3,(H,35,38). The fourth-order valence-electron chi connectivity index (χ4n) is 4.39. The van der Waals surface area contributed by atoms with Gasteiger partial charge in [0.15, 0.2) is 6.61 Å². The number of imide groups is 2. The molecule has 0 radical (unpaired) electrons. The van der Waals surface area contributed by atoms with Gasteiger partial charge in [0, 0.05) is 5.69 Å². The second-order valence-corrected chi connectivity index (χ2v) is 10.0. The van der Waals surface area contributed by atoms with Gasteiger partial charge in [-0.05, 0) is 85.1 Å². The van der Waals surface area contributed by atoms with E-state index in [0.717, 1.165) is 20.9 Å². The molecule has 5 amide bonds. The van der Waals surface area contributed by atoms with Crippen molar-refractivity contribution in [1.82, 2.24) is 0 Å². The van der Waals surface area contributed by atoms with Crippen molar-refractivity contribution in [3.63, 3.8) is 0 Å². The number of anilines is 3. The monoisotopic (exact) mass is 579 g/mol. The summed E-state index contributed by atoms with van der Waals surface area (Å²) in [6, 6.07) is 26.3. The Kier molecular flexibility index (Phi) is 8.17. The first kappa shape index (κ1) is 28.3. The first-order chi connectivity index (χ1) is 20.2. The predicted molar refractivity (Wildman–Crippen MR) is 163 cm³/mol. The minimum Gasteiger partial charge on any atom is -0.482 e. The summed E-state index contributed by atoms with van der Waals surface area (Å²) in [6.07, 6.45) is 1.38. The number of hydrogen-bond acceptors (Lipinski definition) is 5. The van der Waals surface area contributed by atoms with Crippen molar-refractivity contribution >= 4 is 58.5 Å². The normalized spacial score (nSPS) is 13.3. The number of aryl methyl sites for hydroxylation is 2. The fraction of sp³-hybridized carbons (Fsp3) is 0.0909. The van der Waals surface area contributed by atoms with Gasteiger partial charge in [-0.15, -0.1) is 0 Å². The van der Waals surface area contributed by atoms with Crippen molar-refractivity contribution in [2.24, 2.45) is 0 Å². The van der Waals surface area contributed by atoms with Gasteiger partial charge in [0.05, 0.1) is 16.4 Å². The third-order valence-electron chi connectivity index (χ3n) is 6.69. The Morgan fingerprint density at radius 2 is 1.38 bits per heavy atom. The molecule has 0 saturated carbocycles. The fourth-order valence-corrected chi connectivity index (χ4v) is 4.63. The Hall–Kier alpha value is -5.21. The van der Waals surface area contributed by atoms with Crippen molar-refractivity contribution < 1.29 is 23.9 Å². The average molecular weight is 580 g/mol. The highest BCUT2D eigenvalue weighted by Crippen LogP contribution is 2.31. The van der Waals surface area contributed by atoms with Crippen LogP contribution < -0.4 is 19.9 Å². The van der Waals surface area contributed by atoms with E-state index in [-0.39, 0.29) is 28.9 Å². The third-order valence-corrected chi connectivity index (χ3v) is 6.99. The lowest BCUT2D eigenvalue weighted by Crippen LogP contribution is -2.57. The lowest BCUT2D eigenvalue weighted by atomic mass is 10.0. The molecule has 0 bridgehead atoms. The molecule has 5 rings (SSSR count). The minimum atomic E-state index is -0.777. The number of ether oxygens (including phenoxy) is 1. The van der Waals surface area contributed by atoms with Crippen LogP contribution in [0.1, 0.15) is 16.7 Å². The maximum atomic E-state index is 13.5. The summed E-state index contributed by atoms with van der Waals surface area (Å²) in [7, 11) is 0. The van der Waals surface area contributed by atoms with Crippen LogP contribution in [-0.2, 0) is 14.4 Å². The van der Waals surface area contributed by atoms with E-state index in [1.165, 1.54) is 12.1 Å². The number of halogens is 1. The molecule has 1 heterocycles. The van der Waals surface area contributed by atoms with E-state index in [9.17, 15) is 19.2 Å². The number of barbiturate groups is 1. The molecule has 1 N–H and O–H groups in total. The van der Waals surface area contributed by atoms with Crippen LogP contribution in [0.15, 0.2) is 103 Å². The second-order valence-electron chi connectivity index (χ2n) is 9.62. The molecule has 0 aliphatic carbocycles. The number of carbonyl (C=O) groups is 4. The number of para-hydroxylation sites is 2. The molecular formula is C33H26ClN3O5. The molecule has 4 aromatic carbocycles. The van der Waals surface area contributed by atoms with Crippen molar-refractivity contribution in [3.8, 4) is 5.75 Å². The van der Waals surface area contributed by atoms with Crippen LogP contribution in [0.2, 0.25) is 5.02 Å². The number of benzene rings is 4. The molecule has 42 heavy (non-hydrogen) atoms. The van der Waals surface area contributed by atoms with Crippen LogP contribution in [0.3, 0.4) is 0 Å². The Bertz CT molecular complexity index is 1660. The highest BCUT2D eigenvalue weighted by Gasteiger charge is 2.43. The molecule has 4 aromatic rings. The van der Waals surface area contributed by atoms with E-state index in [2.05, 4.69) is 5.32 Å². The molecular weight excluding hydrogens is 554 g/mol. The van der Waals surface area contributed by atoms with Gasteiger partial charge >= 0.3 is 6.03 Å². The van der Waals surface area contributed by atoms with E-state index in [4.69, 9.17) is 16.3 Å². The Balaban J connectivity index is 1.38. The Morgan fingerprint density at radius 3 is 1.93 bits per heavy atom. The van der Waals surface area contributed by atoms with Gasteiger partial charge in [-0.25, -0.2) is 14.6 Å².